The molecule has 0 saturated carbocycles. The largest absolute Gasteiger partial charge is 0.484 e. The van der Waals surface area contributed by atoms with Crippen LogP contribution in [-0.2, 0) is 22.6 Å². The van der Waals surface area contributed by atoms with Gasteiger partial charge in [0.15, 0.2) is 6.61 Å². The fraction of sp³-hybridized carbons (Fsp3) is 0.333. The Hall–Kier alpha value is -3.12. The van der Waals surface area contributed by atoms with Crippen LogP contribution in [0.15, 0.2) is 77.3 Å². The van der Waals surface area contributed by atoms with E-state index in [0.29, 0.717) is 18.7 Å². The van der Waals surface area contributed by atoms with Gasteiger partial charge in [-0.15, -0.1) is 0 Å². The molecule has 0 aliphatic carbocycles. The maximum atomic E-state index is 13.7. The van der Waals surface area contributed by atoms with Crippen LogP contribution in [0.3, 0.4) is 0 Å². The van der Waals surface area contributed by atoms with Gasteiger partial charge in [-0.05, 0) is 67.6 Å². The van der Waals surface area contributed by atoms with Gasteiger partial charge in [0.1, 0.15) is 11.8 Å². The highest BCUT2D eigenvalue weighted by atomic mass is 79.9. The molecule has 2 atom stereocenters. The van der Waals surface area contributed by atoms with Gasteiger partial charge in [-0.25, -0.2) is 0 Å². The fourth-order valence-electron chi connectivity index (χ4n) is 3.90. The Balaban J connectivity index is 1.92. The number of ether oxygens (including phenoxy) is 1. The first-order valence-electron chi connectivity index (χ1n) is 12.4. The average molecular weight is 552 g/mol. The van der Waals surface area contributed by atoms with E-state index in [1.54, 1.807) is 4.90 Å². The van der Waals surface area contributed by atoms with Crippen LogP contribution < -0.4 is 10.1 Å². The molecule has 5 nitrogen and oxygen atoms in total. The van der Waals surface area contributed by atoms with Crippen LogP contribution >= 0.6 is 15.9 Å². The number of aryl methyl sites for hydroxylation is 2. The third-order valence-electron chi connectivity index (χ3n) is 6.37. The number of hydrogen-bond donors (Lipinski definition) is 1. The van der Waals surface area contributed by atoms with Crippen molar-refractivity contribution < 1.29 is 14.3 Å². The second-order valence-electron chi connectivity index (χ2n) is 9.17. The number of nitrogens with one attached hydrogen (secondary N) is 1. The van der Waals surface area contributed by atoms with Crippen LogP contribution in [0.2, 0.25) is 0 Å². The maximum absolute atomic E-state index is 13.7. The molecule has 190 valence electrons. The topological polar surface area (TPSA) is 58.6 Å². The quantitative estimate of drug-likeness (QED) is 0.318. The molecule has 0 spiro atoms. The first kappa shape index (κ1) is 27.5. The summed E-state index contributed by atoms with van der Waals surface area (Å²) in [6.45, 7) is 8.16. The van der Waals surface area contributed by atoms with Gasteiger partial charge in [0, 0.05) is 23.5 Å². The van der Waals surface area contributed by atoms with E-state index in [1.807, 2.05) is 100 Å². The standard InChI is InChI=1S/C30H35BrN2O3/c1-5-23(4)32-30(35)28(18-24-12-7-6-8-13-24)33(19-25-14-10-9-11-21(25)2)29(34)20-36-26-15-16-27(31)22(3)17-26/h6-17,23,28H,5,18-20H2,1-4H3,(H,32,35)/t23-,28+/m1/s1. The molecular formula is C30H35BrN2O3. The Kier molecular flexibility index (Phi) is 10.1. The molecule has 0 aromatic heterocycles. The molecule has 1 N–H and O–H groups in total. The van der Waals surface area contributed by atoms with Gasteiger partial charge in [-0.3, -0.25) is 9.59 Å². The molecule has 0 radical (unpaired) electrons. The molecule has 0 saturated heterocycles. The predicted molar refractivity (Wildman–Crippen MR) is 148 cm³/mol. The SMILES string of the molecule is CC[C@@H](C)NC(=O)[C@H](Cc1ccccc1)N(Cc1ccccc1C)C(=O)COc1ccc(Br)c(C)c1. The number of hydrogen-bond acceptors (Lipinski definition) is 3. The van der Waals surface area contributed by atoms with E-state index < -0.39 is 6.04 Å². The van der Waals surface area contributed by atoms with Crippen LogP contribution in [-0.4, -0.2) is 35.4 Å². The lowest BCUT2D eigenvalue weighted by molar-refractivity contribution is -0.143. The molecule has 3 aromatic rings. The Morgan fingerprint density at radius 3 is 2.33 bits per heavy atom. The lowest BCUT2D eigenvalue weighted by atomic mass is 10.0. The number of nitrogens with zero attached hydrogens (tertiary/aromatic N) is 1. The molecule has 36 heavy (non-hydrogen) atoms. The summed E-state index contributed by atoms with van der Waals surface area (Å²) < 4.78 is 6.87. The summed E-state index contributed by atoms with van der Waals surface area (Å²) in [4.78, 5) is 28.9. The Morgan fingerprint density at radius 1 is 0.972 bits per heavy atom. The first-order chi connectivity index (χ1) is 17.3. The zero-order valence-corrected chi connectivity index (χ0v) is 23.0. The second kappa shape index (κ2) is 13.3. The lowest BCUT2D eigenvalue weighted by Crippen LogP contribution is -2.53. The van der Waals surface area contributed by atoms with E-state index in [9.17, 15) is 9.59 Å². The number of amides is 2. The highest BCUT2D eigenvalue weighted by Crippen LogP contribution is 2.22. The minimum absolute atomic E-state index is 0.00757. The summed E-state index contributed by atoms with van der Waals surface area (Å²) in [6.07, 6.45) is 1.22. The van der Waals surface area contributed by atoms with E-state index in [-0.39, 0.29) is 24.5 Å². The molecule has 0 heterocycles. The zero-order chi connectivity index (χ0) is 26.1. The summed E-state index contributed by atoms with van der Waals surface area (Å²) in [7, 11) is 0. The van der Waals surface area contributed by atoms with Crippen molar-refractivity contribution in [2.45, 2.75) is 59.2 Å². The van der Waals surface area contributed by atoms with Crippen molar-refractivity contribution in [1.29, 1.82) is 0 Å². The van der Waals surface area contributed by atoms with E-state index in [2.05, 4.69) is 21.2 Å². The molecule has 0 aliphatic heterocycles. The molecule has 3 aromatic carbocycles. The van der Waals surface area contributed by atoms with Gasteiger partial charge in [-0.2, -0.15) is 0 Å². The number of rotatable bonds is 11. The third-order valence-corrected chi connectivity index (χ3v) is 7.26. The van der Waals surface area contributed by atoms with Gasteiger partial charge >= 0.3 is 0 Å². The molecule has 0 unspecified atom stereocenters. The van der Waals surface area contributed by atoms with Gasteiger partial charge < -0.3 is 15.0 Å². The van der Waals surface area contributed by atoms with Crippen molar-refractivity contribution in [2.24, 2.45) is 0 Å². The van der Waals surface area contributed by atoms with Crippen molar-refractivity contribution in [3.63, 3.8) is 0 Å². The molecular weight excluding hydrogens is 516 g/mol. The zero-order valence-electron chi connectivity index (χ0n) is 21.5. The summed E-state index contributed by atoms with van der Waals surface area (Å²) in [6, 6.07) is 22.7. The minimum atomic E-state index is -0.677. The minimum Gasteiger partial charge on any atom is -0.484 e. The molecule has 2 amide bonds. The highest BCUT2D eigenvalue weighted by molar-refractivity contribution is 9.10. The van der Waals surface area contributed by atoms with E-state index in [0.717, 1.165) is 33.1 Å². The molecule has 0 fully saturated rings. The van der Waals surface area contributed by atoms with E-state index in [1.165, 1.54) is 0 Å². The van der Waals surface area contributed by atoms with Crippen LogP contribution in [0.5, 0.6) is 5.75 Å². The molecule has 3 rings (SSSR count). The third kappa shape index (κ3) is 7.69. The summed E-state index contributed by atoms with van der Waals surface area (Å²) >= 11 is 3.49. The van der Waals surface area contributed by atoms with Crippen molar-refractivity contribution in [2.75, 3.05) is 6.61 Å². The monoisotopic (exact) mass is 550 g/mol. The Labute approximate surface area is 223 Å². The number of carbonyl (C=O) groups excluding carboxylic acids is 2. The predicted octanol–water partition coefficient (Wildman–Crippen LogP) is 6.00. The lowest BCUT2D eigenvalue weighted by Gasteiger charge is -2.32. The maximum Gasteiger partial charge on any atom is 0.261 e. The van der Waals surface area contributed by atoms with Gasteiger partial charge in [0.2, 0.25) is 5.91 Å². The van der Waals surface area contributed by atoms with E-state index >= 15 is 0 Å². The van der Waals surface area contributed by atoms with Crippen LogP contribution in [0, 0.1) is 13.8 Å². The van der Waals surface area contributed by atoms with E-state index in [4.69, 9.17) is 4.74 Å². The number of halogens is 1. The summed E-state index contributed by atoms with van der Waals surface area (Å²) in [5, 5.41) is 3.09. The second-order valence-corrected chi connectivity index (χ2v) is 10.0. The Morgan fingerprint density at radius 2 is 1.67 bits per heavy atom. The summed E-state index contributed by atoms with van der Waals surface area (Å²) in [5.74, 6) is 0.220. The molecule has 0 bridgehead atoms. The first-order valence-corrected chi connectivity index (χ1v) is 13.1. The molecule has 6 heteroatoms. The smallest absolute Gasteiger partial charge is 0.261 e. The van der Waals surface area contributed by atoms with Gasteiger partial charge in [0.25, 0.3) is 5.91 Å². The Bertz CT molecular complexity index is 1170. The van der Waals surface area contributed by atoms with Gasteiger partial charge in [0.05, 0.1) is 0 Å². The van der Waals surface area contributed by atoms with Crippen molar-refractivity contribution in [3.8, 4) is 5.75 Å². The highest BCUT2D eigenvalue weighted by Gasteiger charge is 2.31. The molecule has 0 aliphatic rings. The van der Waals surface area contributed by atoms with Crippen molar-refractivity contribution in [3.05, 3.63) is 99.5 Å². The van der Waals surface area contributed by atoms with Crippen LogP contribution in [0.1, 0.15) is 42.5 Å². The summed E-state index contributed by atoms with van der Waals surface area (Å²) in [5.41, 5.74) is 4.08. The fourth-order valence-corrected chi connectivity index (χ4v) is 4.15. The van der Waals surface area contributed by atoms with Crippen molar-refractivity contribution in [1.82, 2.24) is 10.2 Å². The normalized spacial score (nSPS) is 12.5. The number of benzene rings is 3. The van der Waals surface area contributed by atoms with Gasteiger partial charge in [-0.1, -0.05) is 77.5 Å². The van der Waals surface area contributed by atoms with Crippen LogP contribution in [0.4, 0.5) is 0 Å². The number of carbonyl (C=O) groups is 2. The van der Waals surface area contributed by atoms with Crippen molar-refractivity contribution >= 4 is 27.7 Å². The van der Waals surface area contributed by atoms with Crippen LogP contribution in [0.25, 0.3) is 0 Å². The average Bonchev–Trinajstić information content (AvgIpc) is 2.88.